The lowest BCUT2D eigenvalue weighted by Crippen LogP contribution is -2.49. The first-order valence-electron chi connectivity index (χ1n) is 5.51. The zero-order chi connectivity index (χ0) is 14.8. The summed E-state index contributed by atoms with van der Waals surface area (Å²) in [6, 6.07) is 0. The Morgan fingerprint density at radius 2 is 2.11 bits per heavy atom. The minimum absolute atomic E-state index is 0.183. The van der Waals surface area contributed by atoms with E-state index in [1.807, 2.05) is 0 Å². The number of methoxy groups -OCH3 is 1. The molecule has 0 aromatic rings. The lowest BCUT2D eigenvalue weighted by Gasteiger charge is -2.28. The molecule has 2 atom stereocenters. The van der Waals surface area contributed by atoms with Crippen molar-refractivity contribution >= 4 is 11.9 Å². The van der Waals surface area contributed by atoms with Crippen LogP contribution < -0.4 is 5.73 Å². The summed E-state index contributed by atoms with van der Waals surface area (Å²) < 4.78 is 43.4. The molecule has 0 aliphatic carbocycles. The number of carboxylic acids is 1. The maximum Gasteiger partial charge on any atom is 0.406 e. The third-order valence-corrected chi connectivity index (χ3v) is 3.31. The van der Waals surface area contributed by atoms with E-state index in [0.717, 1.165) is 4.90 Å². The number of carboxylic acid groups (broad SMARTS) is 1. The molecule has 1 saturated heterocycles. The van der Waals surface area contributed by atoms with Crippen molar-refractivity contribution in [1.82, 2.24) is 4.90 Å². The van der Waals surface area contributed by atoms with E-state index in [2.05, 4.69) is 0 Å². The van der Waals surface area contributed by atoms with Crippen LogP contribution in [0.2, 0.25) is 0 Å². The number of carbonyl (C=O) groups excluding carboxylic acids is 1. The normalized spacial score (nSPS) is 25.4. The monoisotopic (exact) mass is 284 g/mol. The standard InChI is InChI=1S/C10H15F3N2O4/c1-19-6(4-14)7(16)15-3-2-9(5-15,8(17)18)10(11,12)13/h6H,2-5,14H2,1H3,(H,17,18). The molecule has 1 amide bonds. The summed E-state index contributed by atoms with van der Waals surface area (Å²) in [6.07, 6.45) is -6.64. The summed E-state index contributed by atoms with van der Waals surface area (Å²) in [6.45, 7) is -1.38. The molecule has 1 aliphatic heterocycles. The Labute approximate surface area is 107 Å². The SMILES string of the molecule is COC(CN)C(=O)N1CCC(C(=O)O)(C(F)(F)F)C1. The summed E-state index contributed by atoms with van der Waals surface area (Å²) in [4.78, 5) is 23.6. The predicted molar refractivity (Wildman–Crippen MR) is 57.2 cm³/mol. The van der Waals surface area contributed by atoms with Gasteiger partial charge in [0.15, 0.2) is 5.41 Å². The summed E-state index contributed by atoms with van der Waals surface area (Å²) in [7, 11) is 1.21. The fraction of sp³-hybridized carbons (Fsp3) is 0.800. The van der Waals surface area contributed by atoms with Crippen LogP contribution in [0.25, 0.3) is 0 Å². The second-order valence-corrected chi connectivity index (χ2v) is 4.35. The molecule has 0 aromatic heterocycles. The minimum Gasteiger partial charge on any atom is -0.481 e. The number of nitrogens with two attached hydrogens (primary N) is 1. The van der Waals surface area contributed by atoms with Crippen molar-refractivity contribution in [3.05, 3.63) is 0 Å². The Bertz CT molecular complexity index is 370. The molecule has 1 fully saturated rings. The van der Waals surface area contributed by atoms with Crippen LogP contribution in [0.4, 0.5) is 13.2 Å². The van der Waals surface area contributed by atoms with Crippen molar-refractivity contribution in [3.8, 4) is 0 Å². The quantitative estimate of drug-likeness (QED) is 0.747. The van der Waals surface area contributed by atoms with Crippen molar-refractivity contribution < 1.29 is 32.6 Å². The molecule has 110 valence electrons. The van der Waals surface area contributed by atoms with Crippen LogP contribution in [0.1, 0.15) is 6.42 Å². The maximum atomic E-state index is 12.9. The van der Waals surface area contributed by atoms with Gasteiger partial charge in [-0.2, -0.15) is 13.2 Å². The third kappa shape index (κ3) is 2.66. The number of ether oxygens (including phenoxy) is 1. The second-order valence-electron chi connectivity index (χ2n) is 4.35. The second kappa shape index (κ2) is 5.33. The molecular formula is C10H15F3N2O4. The van der Waals surface area contributed by atoms with E-state index >= 15 is 0 Å². The maximum absolute atomic E-state index is 12.9. The smallest absolute Gasteiger partial charge is 0.406 e. The average Bonchev–Trinajstić information content (AvgIpc) is 2.75. The van der Waals surface area contributed by atoms with E-state index in [-0.39, 0.29) is 13.1 Å². The number of rotatable bonds is 4. The number of amides is 1. The van der Waals surface area contributed by atoms with Gasteiger partial charge in [0.2, 0.25) is 0 Å². The Kier molecular flexibility index (Phi) is 4.41. The van der Waals surface area contributed by atoms with Gasteiger partial charge >= 0.3 is 12.1 Å². The van der Waals surface area contributed by atoms with Gasteiger partial charge < -0.3 is 20.5 Å². The minimum atomic E-state index is -4.92. The highest BCUT2D eigenvalue weighted by molar-refractivity contribution is 5.84. The van der Waals surface area contributed by atoms with Gasteiger partial charge in [0.25, 0.3) is 5.91 Å². The Morgan fingerprint density at radius 3 is 2.42 bits per heavy atom. The van der Waals surface area contributed by atoms with E-state index < -0.39 is 42.5 Å². The molecule has 0 radical (unpaired) electrons. The molecule has 1 rings (SSSR count). The predicted octanol–water partition coefficient (Wildman–Crippen LogP) is -0.174. The van der Waals surface area contributed by atoms with Gasteiger partial charge in [0, 0.05) is 26.7 Å². The van der Waals surface area contributed by atoms with Crippen LogP contribution in [-0.4, -0.2) is 60.9 Å². The van der Waals surface area contributed by atoms with Crippen molar-refractivity contribution in [2.45, 2.75) is 18.7 Å². The fourth-order valence-corrected chi connectivity index (χ4v) is 2.03. The summed E-state index contributed by atoms with van der Waals surface area (Å²) in [5.74, 6) is -2.70. The zero-order valence-corrected chi connectivity index (χ0v) is 10.2. The number of carbonyl (C=O) groups is 2. The first-order valence-corrected chi connectivity index (χ1v) is 5.51. The van der Waals surface area contributed by atoms with Crippen LogP contribution in [0.5, 0.6) is 0 Å². The van der Waals surface area contributed by atoms with Crippen LogP contribution >= 0.6 is 0 Å². The van der Waals surface area contributed by atoms with Gasteiger partial charge in [-0.25, -0.2) is 0 Å². The average molecular weight is 284 g/mol. The highest BCUT2D eigenvalue weighted by Crippen LogP contribution is 2.45. The van der Waals surface area contributed by atoms with Gasteiger partial charge in [0.1, 0.15) is 6.10 Å². The molecule has 0 aromatic carbocycles. The van der Waals surface area contributed by atoms with Gasteiger partial charge in [-0.3, -0.25) is 9.59 Å². The summed E-state index contributed by atoms with van der Waals surface area (Å²) >= 11 is 0. The van der Waals surface area contributed by atoms with Crippen molar-refractivity contribution in [3.63, 3.8) is 0 Å². The molecule has 19 heavy (non-hydrogen) atoms. The molecule has 0 bridgehead atoms. The zero-order valence-electron chi connectivity index (χ0n) is 10.2. The van der Waals surface area contributed by atoms with Crippen molar-refractivity contribution in [2.75, 3.05) is 26.7 Å². The van der Waals surface area contributed by atoms with Crippen LogP contribution in [-0.2, 0) is 14.3 Å². The molecule has 1 heterocycles. The van der Waals surface area contributed by atoms with Crippen molar-refractivity contribution in [2.24, 2.45) is 11.1 Å². The third-order valence-electron chi connectivity index (χ3n) is 3.31. The van der Waals surface area contributed by atoms with Crippen LogP contribution in [0.3, 0.4) is 0 Å². The Morgan fingerprint density at radius 1 is 1.53 bits per heavy atom. The van der Waals surface area contributed by atoms with E-state index in [1.165, 1.54) is 7.11 Å². The molecule has 0 saturated carbocycles. The van der Waals surface area contributed by atoms with Gasteiger partial charge in [0.05, 0.1) is 0 Å². The lowest BCUT2D eigenvalue weighted by molar-refractivity contribution is -0.227. The molecule has 0 spiro atoms. The van der Waals surface area contributed by atoms with Crippen molar-refractivity contribution in [1.29, 1.82) is 0 Å². The number of halogens is 3. The number of aliphatic carboxylic acids is 1. The molecule has 9 heteroatoms. The van der Waals surface area contributed by atoms with Gasteiger partial charge in [-0.1, -0.05) is 0 Å². The molecule has 6 nitrogen and oxygen atoms in total. The topological polar surface area (TPSA) is 92.9 Å². The number of hydrogen-bond donors (Lipinski definition) is 2. The first-order chi connectivity index (χ1) is 8.69. The molecular weight excluding hydrogens is 269 g/mol. The highest BCUT2D eigenvalue weighted by Gasteiger charge is 2.64. The van der Waals surface area contributed by atoms with Crippen LogP contribution in [0.15, 0.2) is 0 Å². The molecule has 3 N–H and O–H groups in total. The van der Waals surface area contributed by atoms with E-state index in [4.69, 9.17) is 15.6 Å². The number of nitrogens with zero attached hydrogens (tertiary/aromatic N) is 1. The molecule has 2 unspecified atom stereocenters. The van der Waals surface area contributed by atoms with Gasteiger partial charge in [-0.05, 0) is 6.42 Å². The van der Waals surface area contributed by atoms with E-state index in [0.29, 0.717) is 0 Å². The Hall–Kier alpha value is -1.35. The van der Waals surface area contributed by atoms with Crippen LogP contribution in [0, 0.1) is 5.41 Å². The lowest BCUT2D eigenvalue weighted by atomic mass is 9.86. The van der Waals surface area contributed by atoms with E-state index in [1.54, 1.807) is 0 Å². The first kappa shape index (κ1) is 15.7. The molecule has 1 aliphatic rings. The number of likely N-dealkylation sites (tertiary alicyclic amines) is 1. The number of alkyl halides is 3. The number of hydrogen-bond acceptors (Lipinski definition) is 4. The fourth-order valence-electron chi connectivity index (χ4n) is 2.03. The highest BCUT2D eigenvalue weighted by atomic mass is 19.4. The summed E-state index contributed by atoms with van der Waals surface area (Å²) in [5.41, 5.74) is 2.35. The van der Waals surface area contributed by atoms with Gasteiger partial charge in [-0.15, -0.1) is 0 Å². The van der Waals surface area contributed by atoms with E-state index in [9.17, 15) is 22.8 Å². The largest absolute Gasteiger partial charge is 0.481 e. The Balaban J connectivity index is 2.92. The summed E-state index contributed by atoms with van der Waals surface area (Å²) in [5, 5.41) is 8.84.